The van der Waals surface area contributed by atoms with Gasteiger partial charge in [-0.2, -0.15) is 0 Å². The second-order valence-electron chi connectivity index (χ2n) is 3.70. The number of aliphatic hydroxyl groups excluding tert-OH is 3. The Morgan fingerprint density at radius 2 is 2.07 bits per heavy atom. The van der Waals surface area contributed by atoms with E-state index >= 15 is 0 Å². The van der Waals surface area contributed by atoms with Crippen molar-refractivity contribution in [2.75, 3.05) is 6.61 Å². The summed E-state index contributed by atoms with van der Waals surface area (Å²) < 4.78 is 10.0. The van der Waals surface area contributed by atoms with E-state index in [1.807, 2.05) is 0 Å². The first kappa shape index (κ1) is 12.5. The van der Waals surface area contributed by atoms with Crippen molar-refractivity contribution in [3.63, 3.8) is 0 Å². The number of hydrogen-bond acceptors (Lipinski definition) is 6. The van der Waals surface area contributed by atoms with E-state index in [-0.39, 0.29) is 12.4 Å². The Morgan fingerprint density at radius 1 is 1.47 bits per heavy atom. The lowest BCUT2D eigenvalue weighted by Gasteiger charge is -2.16. The normalized spacial score (nSPS) is 37.9. The monoisotopic (exact) mass is 220 g/mol. The lowest BCUT2D eigenvalue weighted by molar-refractivity contribution is -0.179. The Bertz CT molecular complexity index is 229. The molecule has 0 saturated carbocycles. The molecular formula is C9H16O6. The van der Waals surface area contributed by atoms with Crippen LogP contribution in [0.15, 0.2) is 0 Å². The van der Waals surface area contributed by atoms with Gasteiger partial charge in [0.15, 0.2) is 12.1 Å². The first-order chi connectivity index (χ1) is 6.93. The molecule has 1 heterocycles. The third kappa shape index (κ3) is 2.96. The fourth-order valence-corrected chi connectivity index (χ4v) is 1.41. The van der Waals surface area contributed by atoms with Gasteiger partial charge in [0, 0.05) is 0 Å². The molecule has 15 heavy (non-hydrogen) atoms. The number of carbonyl (C=O) groups is 1. The average molecular weight is 220 g/mol. The highest BCUT2D eigenvalue weighted by molar-refractivity contribution is 5.76. The predicted octanol–water partition coefficient (Wildman–Crippen LogP) is -1.58. The van der Waals surface area contributed by atoms with E-state index in [0.717, 1.165) is 0 Å². The SMILES string of the molecule is CC(=O)CO[C@H]1OC([C@@H](C)O)[C@H](O)[C@H]1O. The summed E-state index contributed by atoms with van der Waals surface area (Å²) in [7, 11) is 0. The van der Waals surface area contributed by atoms with Crippen LogP contribution >= 0.6 is 0 Å². The Morgan fingerprint density at radius 3 is 2.47 bits per heavy atom. The molecule has 6 heteroatoms. The van der Waals surface area contributed by atoms with Crippen LogP contribution in [0.25, 0.3) is 0 Å². The summed E-state index contributed by atoms with van der Waals surface area (Å²) in [6.07, 6.45) is -5.33. The molecule has 6 nitrogen and oxygen atoms in total. The van der Waals surface area contributed by atoms with E-state index in [9.17, 15) is 20.1 Å². The lowest BCUT2D eigenvalue weighted by Crippen LogP contribution is -2.37. The average Bonchev–Trinajstić information content (AvgIpc) is 2.41. The number of aliphatic hydroxyl groups is 3. The fourth-order valence-electron chi connectivity index (χ4n) is 1.41. The van der Waals surface area contributed by atoms with Crippen LogP contribution in [-0.2, 0) is 14.3 Å². The topological polar surface area (TPSA) is 96.2 Å². The number of rotatable bonds is 4. The molecule has 1 unspecified atom stereocenters. The van der Waals surface area contributed by atoms with Gasteiger partial charge in [-0.15, -0.1) is 0 Å². The molecule has 88 valence electrons. The molecule has 0 amide bonds. The maximum atomic E-state index is 10.6. The van der Waals surface area contributed by atoms with E-state index in [0.29, 0.717) is 0 Å². The molecule has 1 saturated heterocycles. The van der Waals surface area contributed by atoms with Crippen molar-refractivity contribution in [1.82, 2.24) is 0 Å². The quantitative estimate of drug-likeness (QED) is 0.529. The summed E-state index contributed by atoms with van der Waals surface area (Å²) in [6, 6.07) is 0. The molecule has 3 N–H and O–H groups in total. The van der Waals surface area contributed by atoms with Gasteiger partial charge in [0.1, 0.15) is 24.9 Å². The summed E-state index contributed by atoms with van der Waals surface area (Å²) in [5, 5.41) is 28.1. The molecule has 0 radical (unpaired) electrons. The molecular weight excluding hydrogens is 204 g/mol. The zero-order valence-corrected chi connectivity index (χ0v) is 8.66. The number of hydrogen-bond donors (Lipinski definition) is 3. The van der Waals surface area contributed by atoms with Gasteiger partial charge in [-0.1, -0.05) is 0 Å². The van der Waals surface area contributed by atoms with Crippen molar-refractivity contribution < 1.29 is 29.6 Å². The van der Waals surface area contributed by atoms with Gasteiger partial charge in [0.25, 0.3) is 0 Å². The third-order valence-electron chi connectivity index (χ3n) is 2.18. The molecule has 5 atom stereocenters. The molecule has 1 fully saturated rings. The number of ketones is 1. The highest BCUT2D eigenvalue weighted by atomic mass is 16.7. The highest BCUT2D eigenvalue weighted by Crippen LogP contribution is 2.24. The summed E-state index contributed by atoms with van der Waals surface area (Å²) in [5.41, 5.74) is 0. The first-order valence-corrected chi connectivity index (χ1v) is 4.74. The molecule has 1 aliphatic rings. The van der Waals surface area contributed by atoms with E-state index in [4.69, 9.17) is 9.47 Å². The summed E-state index contributed by atoms with van der Waals surface area (Å²) in [6.45, 7) is 2.58. The maximum absolute atomic E-state index is 10.6. The van der Waals surface area contributed by atoms with Crippen molar-refractivity contribution in [2.24, 2.45) is 0 Å². The van der Waals surface area contributed by atoms with Gasteiger partial charge in [0.05, 0.1) is 6.10 Å². The van der Waals surface area contributed by atoms with Crippen molar-refractivity contribution in [2.45, 2.75) is 44.6 Å². The Kier molecular flexibility index (Phi) is 4.18. The summed E-state index contributed by atoms with van der Waals surface area (Å²) in [4.78, 5) is 10.6. The molecule has 0 aliphatic carbocycles. The number of carbonyl (C=O) groups excluding carboxylic acids is 1. The Labute approximate surface area is 87.4 Å². The number of Topliss-reactive ketones (excluding diaryl/α,β-unsaturated/α-hetero) is 1. The second kappa shape index (κ2) is 5.00. The van der Waals surface area contributed by atoms with E-state index in [1.54, 1.807) is 0 Å². The first-order valence-electron chi connectivity index (χ1n) is 4.74. The van der Waals surface area contributed by atoms with E-state index in [1.165, 1.54) is 13.8 Å². The minimum atomic E-state index is -1.25. The van der Waals surface area contributed by atoms with Gasteiger partial charge in [-0.25, -0.2) is 0 Å². The molecule has 0 spiro atoms. The smallest absolute Gasteiger partial charge is 0.187 e. The van der Waals surface area contributed by atoms with Crippen molar-refractivity contribution in [3.8, 4) is 0 Å². The molecule has 0 aromatic heterocycles. The van der Waals surface area contributed by atoms with E-state index < -0.39 is 30.7 Å². The zero-order chi connectivity index (χ0) is 11.6. The van der Waals surface area contributed by atoms with Crippen molar-refractivity contribution >= 4 is 5.78 Å². The second-order valence-corrected chi connectivity index (χ2v) is 3.70. The Balaban J connectivity index is 2.51. The summed E-state index contributed by atoms with van der Waals surface area (Å²) in [5.74, 6) is -0.208. The largest absolute Gasteiger partial charge is 0.391 e. The molecule has 0 bridgehead atoms. The van der Waals surface area contributed by atoms with Gasteiger partial charge in [-0.3, -0.25) is 4.79 Å². The highest BCUT2D eigenvalue weighted by Gasteiger charge is 2.45. The van der Waals surface area contributed by atoms with Crippen LogP contribution in [-0.4, -0.2) is 58.4 Å². The standard InChI is InChI=1S/C9H16O6/c1-4(10)3-14-9-7(13)6(12)8(15-9)5(2)11/h5-9,11-13H,3H2,1-2H3/t5-,6-,7-,8?,9+/m1/s1. The zero-order valence-electron chi connectivity index (χ0n) is 8.66. The van der Waals surface area contributed by atoms with Gasteiger partial charge in [0.2, 0.25) is 0 Å². The van der Waals surface area contributed by atoms with Crippen LogP contribution in [0, 0.1) is 0 Å². The van der Waals surface area contributed by atoms with Crippen molar-refractivity contribution in [3.05, 3.63) is 0 Å². The maximum Gasteiger partial charge on any atom is 0.187 e. The van der Waals surface area contributed by atoms with Crippen LogP contribution in [0.2, 0.25) is 0 Å². The minimum Gasteiger partial charge on any atom is -0.391 e. The van der Waals surface area contributed by atoms with Crippen LogP contribution in [0.3, 0.4) is 0 Å². The van der Waals surface area contributed by atoms with Crippen LogP contribution in [0.4, 0.5) is 0 Å². The van der Waals surface area contributed by atoms with Crippen LogP contribution in [0.1, 0.15) is 13.8 Å². The van der Waals surface area contributed by atoms with Gasteiger partial charge in [-0.05, 0) is 13.8 Å². The fraction of sp³-hybridized carbons (Fsp3) is 0.889. The summed E-state index contributed by atoms with van der Waals surface area (Å²) >= 11 is 0. The van der Waals surface area contributed by atoms with Crippen LogP contribution < -0.4 is 0 Å². The molecule has 1 aliphatic heterocycles. The van der Waals surface area contributed by atoms with Gasteiger partial charge >= 0.3 is 0 Å². The van der Waals surface area contributed by atoms with Crippen molar-refractivity contribution in [1.29, 1.82) is 0 Å². The van der Waals surface area contributed by atoms with Gasteiger partial charge < -0.3 is 24.8 Å². The molecule has 0 aromatic rings. The lowest BCUT2D eigenvalue weighted by atomic mass is 10.1. The number of ether oxygens (including phenoxy) is 2. The Hall–Kier alpha value is -0.530. The third-order valence-corrected chi connectivity index (χ3v) is 2.18. The van der Waals surface area contributed by atoms with Crippen LogP contribution in [0.5, 0.6) is 0 Å². The molecule has 1 rings (SSSR count). The minimum absolute atomic E-state index is 0.193. The predicted molar refractivity (Wildman–Crippen MR) is 49.0 cm³/mol. The molecule has 0 aromatic carbocycles. The van der Waals surface area contributed by atoms with E-state index in [2.05, 4.69) is 0 Å².